The van der Waals surface area contributed by atoms with Crippen LogP contribution in [0.5, 0.6) is 0 Å². The number of fused-ring (bicyclic) bond motifs is 1. The van der Waals surface area contributed by atoms with Crippen molar-refractivity contribution in [3.05, 3.63) is 30.0 Å². The summed E-state index contributed by atoms with van der Waals surface area (Å²) in [5.41, 5.74) is 3.06. The second-order valence-corrected chi connectivity index (χ2v) is 5.21. The first-order chi connectivity index (χ1) is 7.33. The minimum absolute atomic E-state index is 0.791. The number of aromatic nitrogens is 2. The van der Waals surface area contributed by atoms with Crippen LogP contribution in [0.1, 0.15) is 18.5 Å². The molecule has 0 unspecified atom stereocenters. The average Bonchev–Trinajstić information content (AvgIpc) is 3.03. The van der Waals surface area contributed by atoms with Gasteiger partial charge in [-0.1, -0.05) is 12.1 Å². The minimum atomic E-state index is 0.791. The van der Waals surface area contributed by atoms with Gasteiger partial charge in [-0.05, 0) is 31.9 Å². The van der Waals surface area contributed by atoms with E-state index in [1.807, 2.05) is 43.0 Å². The molecule has 3 rings (SSSR count). The van der Waals surface area contributed by atoms with E-state index in [-0.39, 0.29) is 0 Å². The Morgan fingerprint density at radius 1 is 1.13 bits per heavy atom. The maximum absolute atomic E-state index is 4.66. The van der Waals surface area contributed by atoms with Gasteiger partial charge >= 0.3 is 0 Å². The largest absolute Gasteiger partial charge is 0.249 e. The first-order valence-electron chi connectivity index (χ1n) is 5.23. The molecular weight excluding hydrogens is 204 g/mol. The Balaban J connectivity index is 2.08. The SMILES string of the molecule is Cc1nc2ccccc2nc1SC1CC1. The molecule has 1 saturated carbocycles. The first-order valence-corrected chi connectivity index (χ1v) is 6.11. The predicted octanol–water partition coefficient (Wildman–Crippen LogP) is 3.19. The number of benzene rings is 1. The summed E-state index contributed by atoms with van der Waals surface area (Å²) in [5, 5.41) is 1.90. The molecule has 0 bridgehead atoms. The second kappa shape index (κ2) is 3.49. The molecule has 1 aliphatic rings. The van der Waals surface area contributed by atoms with Crippen LogP contribution in [0.15, 0.2) is 29.3 Å². The Bertz CT molecular complexity index is 506. The molecule has 0 atom stereocenters. The zero-order chi connectivity index (χ0) is 10.3. The summed E-state index contributed by atoms with van der Waals surface area (Å²) in [6.07, 6.45) is 2.66. The van der Waals surface area contributed by atoms with E-state index in [2.05, 4.69) is 9.97 Å². The predicted molar refractivity (Wildman–Crippen MR) is 63.2 cm³/mol. The highest BCUT2D eigenvalue weighted by Crippen LogP contribution is 2.39. The van der Waals surface area contributed by atoms with Crippen molar-refractivity contribution in [2.45, 2.75) is 30.0 Å². The van der Waals surface area contributed by atoms with Crippen molar-refractivity contribution in [1.29, 1.82) is 0 Å². The zero-order valence-electron chi connectivity index (χ0n) is 8.60. The van der Waals surface area contributed by atoms with Gasteiger partial charge in [-0.25, -0.2) is 9.97 Å². The fourth-order valence-electron chi connectivity index (χ4n) is 1.53. The van der Waals surface area contributed by atoms with Gasteiger partial charge in [0.1, 0.15) is 5.03 Å². The molecule has 1 aromatic carbocycles. The number of rotatable bonds is 2. The summed E-state index contributed by atoms with van der Waals surface area (Å²) in [5.74, 6) is 0. The van der Waals surface area contributed by atoms with Crippen LogP contribution < -0.4 is 0 Å². The lowest BCUT2D eigenvalue weighted by Crippen LogP contribution is -1.93. The van der Waals surface area contributed by atoms with Gasteiger partial charge in [0.05, 0.1) is 16.7 Å². The fraction of sp³-hybridized carbons (Fsp3) is 0.333. The van der Waals surface area contributed by atoms with Gasteiger partial charge < -0.3 is 0 Å². The highest BCUT2D eigenvalue weighted by Gasteiger charge is 2.24. The number of hydrogen-bond donors (Lipinski definition) is 0. The van der Waals surface area contributed by atoms with E-state index in [4.69, 9.17) is 0 Å². The van der Waals surface area contributed by atoms with Gasteiger partial charge in [0.2, 0.25) is 0 Å². The van der Waals surface area contributed by atoms with Crippen molar-refractivity contribution in [3.63, 3.8) is 0 Å². The Labute approximate surface area is 93.1 Å². The van der Waals surface area contributed by atoms with E-state index in [0.29, 0.717) is 0 Å². The second-order valence-electron chi connectivity index (χ2n) is 3.92. The molecule has 15 heavy (non-hydrogen) atoms. The molecule has 1 aromatic heterocycles. The molecular formula is C12H12N2S. The highest BCUT2D eigenvalue weighted by molar-refractivity contribution is 8.00. The topological polar surface area (TPSA) is 25.8 Å². The molecule has 0 aliphatic heterocycles. The Morgan fingerprint density at radius 2 is 1.80 bits per heavy atom. The van der Waals surface area contributed by atoms with Crippen molar-refractivity contribution in [1.82, 2.24) is 9.97 Å². The van der Waals surface area contributed by atoms with Gasteiger partial charge in [-0.3, -0.25) is 0 Å². The first kappa shape index (κ1) is 9.16. The molecule has 3 heteroatoms. The van der Waals surface area contributed by atoms with Gasteiger partial charge in [0.15, 0.2) is 0 Å². The van der Waals surface area contributed by atoms with Crippen molar-refractivity contribution in [2.24, 2.45) is 0 Å². The quantitative estimate of drug-likeness (QED) is 0.771. The van der Waals surface area contributed by atoms with Crippen molar-refractivity contribution < 1.29 is 0 Å². The molecule has 76 valence electrons. The molecule has 2 nitrogen and oxygen atoms in total. The average molecular weight is 216 g/mol. The number of thioether (sulfide) groups is 1. The van der Waals surface area contributed by atoms with E-state index in [0.717, 1.165) is 27.0 Å². The zero-order valence-corrected chi connectivity index (χ0v) is 9.42. The Kier molecular flexibility index (Phi) is 2.13. The lowest BCUT2D eigenvalue weighted by atomic mass is 10.3. The third-order valence-corrected chi connectivity index (χ3v) is 3.92. The molecule has 0 N–H and O–H groups in total. The number of hydrogen-bond acceptors (Lipinski definition) is 3. The van der Waals surface area contributed by atoms with Crippen LogP contribution in [0.2, 0.25) is 0 Å². The van der Waals surface area contributed by atoms with Crippen LogP contribution in [0.3, 0.4) is 0 Å². The summed E-state index contributed by atoms with van der Waals surface area (Å²) < 4.78 is 0. The summed E-state index contributed by atoms with van der Waals surface area (Å²) in [4.78, 5) is 9.23. The van der Waals surface area contributed by atoms with Crippen LogP contribution in [0.4, 0.5) is 0 Å². The van der Waals surface area contributed by atoms with Crippen molar-refractivity contribution in [3.8, 4) is 0 Å². The smallest absolute Gasteiger partial charge is 0.118 e. The van der Waals surface area contributed by atoms with E-state index in [1.165, 1.54) is 12.8 Å². The van der Waals surface area contributed by atoms with Gasteiger partial charge in [0.25, 0.3) is 0 Å². The third-order valence-electron chi connectivity index (χ3n) is 2.50. The highest BCUT2D eigenvalue weighted by atomic mass is 32.2. The Morgan fingerprint density at radius 3 is 2.47 bits per heavy atom. The van der Waals surface area contributed by atoms with Crippen LogP contribution in [0.25, 0.3) is 11.0 Å². The molecule has 0 radical (unpaired) electrons. The van der Waals surface area contributed by atoms with Gasteiger partial charge in [-0.2, -0.15) is 0 Å². The number of para-hydroxylation sites is 2. The van der Waals surface area contributed by atoms with Crippen molar-refractivity contribution in [2.75, 3.05) is 0 Å². The van der Waals surface area contributed by atoms with Gasteiger partial charge in [0, 0.05) is 5.25 Å². The van der Waals surface area contributed by atoms with Gasteiger partial charge in [-0.15, -0.1) is 11.8 Å². The summed E-state index contributed by atoms with van der Waals surface area (Å²) in [7, 11) is 0. The molecule has 1 heterocycles. The third kappa shape index (κ3) is 1.84. The maximum Gasteiger partial charge on any atom is 0.118 e. The van der Waals surface area contributed by atoms with Crippen LogP contribution in [-0.4, -0.2) is 15.2 Å². The Hall–Kier alpha value is -1.09. The van der Waals surface area contributed by atoms with E-state index in [1.54, 1.807) is 0 Å². The molecule has 0 spiro atoms. The molecule has 1 aliphatic carbocycles. The molecule has 0 amide bonds. The number of nitrogens with zero attached hydrogens (tertiary/aromatic N) is 2. The molecule has 2 aromatic rings. The standard InChI is InChI=1S/C12H12N2S/c1-8-12(15-9-6-7-9)14-11-5-3-2-4-10(11)13-8/h2-5,9H,6-7H2,1H3. The molecule has 1 fully saturated rings. The normalized spacial score (nSPS) is 15.8. The lowest BCUT2D eigenvalue weighted by molar-refractivity contribution is 1.04. The molecule has 0 saturated heterocycles. The summed E-state index contributed by atoms with van der Waals surface area (Å²) in [6, 6.07) is 8.06. The monoisotopic (exact) mass is 216 g/mol. The lowest BCUT2D eigenvalue weighted by Gasteiger charge is -2.04. The van der Waals surface area contributed by atoms with Crippen LogP contribution >= 0.6 is 11.8 Å². The van der Waals surface area contributed by atoms with Crippen LogP contribution in [-0.2, 0) is 0 Å². The minimum Gasteiger partial charge on any atom is -0.249 e. The van der Waals surface area contributed by atoms with E-state index < -0.39 is 0 Å². The van der Waals surface area contributed by atoms with Crippen LogP contribution in [0, 0.1) is 6.92 Å². The van der Waals surface area contributed by atoms with E-state index >= 15 is 0 Å². The fourth-order valence-corrected chi connectivity index (χ4v) is 2.58. The number of aryl methyl sites for hydroxylation is 1. The maximum atomic E-state index is 4.66. The van der Waals surface area contributed by atoms with Crippen molar-refractivity contribution >= 4 is 22.8 Å². The summed E-state index contributed by atoms with van der Waals surface area (Å²) >= 11 is 1.88. The summed E-state index contributed by atoms with van der Waals surface area (Å²) in [6.45, 7) is 2.05. The van der Waals surface area contributed by atoms with E-state index in [9.17, 15) is 0 Å².